The summed E-state index contributed by atoms with van der Waals surface area (Å²) >= 11 is 0. The Hall–Kier alpha value is -1.26. The molecule has 2 unspecified atom stereocenters. The lowest BCUT2D eigenvalue weighted by atomic mass is 9.96. The summed E-state index contributed by atoms with van der Waals surface area (Å²) < 4.78 is 0. The highest BCUT2D eigenvalue weighted by Gasteiger charge is 2.25. The molecule has 1 aliphatic rings. The van der Waals surface area contributed by atoms with Gasteiger partial charge in [-0.15, -0.1) is 0 Å². The van der Waals surface area contributed by atoms with Crippen molar-refractivity contribution in [3.63, 3.8) is 0 Å². The van der Waals surface area contributed by atoms with Crippen LogP contribution in [0.1, 0.15) is 59.3 Å². The number of carbonyl (C=O) groups excluding carboxylic acids is 1. The Balaban J connectivity index is 2.51. The Bertz CT molecular complexity index is 344. The van der Waals surface area contributed by atoms with Crippen molar-refractivity contribution in [2.24, 2.45) is 11.8 Å². The molecule has 0 spiro atoms. The summed E-state index contributed by atoms with van der Waals surface area (Å²) in [6.07, 6.45) is 6.09. The fourth-order valence-corrected chi connectivity index (χ4v) is 3.00. The van der Waals surface area contributed by atoms with E-state index in [4.69, 9.17) is 0 Å². The van der Waals surface area contributed by atoms with Crippen molar-refractivity contribution in [3.05, 3.63) is 0 Å². The molecule has 0 aromatic carbocycles. The van der Waals surface area contributed by atoms with E-state index in [0.717, 1.165) is 25.9 Å². The van der Waals surface area contributed by atoms with Crippen LogP contribution >= 0.6 is 0 Å². The van der Waals surface area contributed by atoms with Crippen LogP contribution in [0.2, 0.25) is 0 Å². The Morgan fingerprint density at radius 3 is 2.57 bits per heavy atom. The fourth-order valence-electron chi connectivity index (χ4n) is 3.00. The first-order valence-electron chi connectivity index (χ1n) is 8.22. The van der Waals surface area contributed by atoms with E-state index in [2.05, 4.69) is 12.2 Å². The van der Waals surface area contributed by atoms with Crippen LogP contribution in [0.4, 0.5) is 4.79 Å². The van der Waals surface area contributed by atoms with E-state index in [-0.39, 0.29) is 11.9 Å². The molecule has 5 nitrogen and oxygen atoms in total. The molecular weight excluding hydrogens is 268 g/mol. The van der Waals surface area contributed by atoms with Crippen LogP contribution in [0.15, 0.2) is 0 Å². The highest BCUT2D eigenvalue weighted by atomic mass is 16.4. The molecule has 0 radical (unpaired) electrons. The SMILES string of the molecule is CCCC1CCCN(C(=O)NC(CC(C)C)C(=O)O)CC1. The van der Waals surface area contributed by atoms with Crippen molar-refractivity contribution >= 4 is 12.0 Å². The summed E-state index contributed by atoms with van der Waals surface area (Å²) in [6, 6.07) is -1.01. The molecule has 1 rings (SSSR count). The lowest BCUT2D eigenvalue weighted by Crippen LogP contribution is -2.48. The highest BCUT2D eigenvalue weighted by Crippen LogP contribution is 2.22. The number of nitrogens with one attached hydrogen (secondary N) is 1. The first-order valence-corrected chi connectivity index (χ1v) is 8.22. The van der Waals surface area contributed by atoms with Crippen LogP contribution in [0.25, 0.3) is 0 Å². The van der Waals surface area contributed by atoms with Gasteiger partial charge in [0.2, 0.25) is 0 Å². The quantitative estimate of drug-likeness (QED) is 0.791. The summed E-state index contributed by atoms with van der Waals surface area (Å²) in [7, 11) is 0. The molecule has 0 aromatic heterocycles. The molecular formula is C16H30N2O3. The number of likely N-dealkylation sites (tertiary alicyclic amines) is 1. The van der Waals surface area contributed by atoms with Gasteiger partial charge in [0.05, 0.1) is 0 Å². The third kappa shape index (κ3) is 6.36. The minimum absolute atomic E-state index is 0.222. The third-order valence-electron chi connectivity index (χ3n) is 4.13. The summed E-state index contributed by atoms with van der Waals surface area (Å²) in [6.45, 7) is 7.59. The van der Waals surface area contributed by atoms with Gasteiger partial charge in [-0.25, -0.2) is 9.59 Å². The van der Waals surface area contributed by atoms with Gasteiger partial charge in [-0.05, 0) is 37.5 Å². The molecule has 0 aliphatic carbocycles. The lowest BCUT2D eigenvalue weighted by Gasteiger charge is -2.24. The van der Waals surface area contributed by atoms with Crippen molar-refractivity contribution in [1.29, 1.82) is 0 Å². The van der Waals surface area contributed by atoms with Crippen LogP contribution in [-0.2, 0) is 4.79 Å². The maximum Gasteiger partial charge on any atom is 0.326 e. The van der Waals surface area contributed by atoms with E-state index in [1.807, 2.05) is 13.8 Å². The van der Waals surface area contributed by atoms with Crippen LogP contribution < -0.4 is 5.32 Å². The molecule has 2 atom stereocenters. The number of rotatable bonds is 6. The summed E-state index contributed by atoms with van der Waals surface area (Å²) in [5.74, 6) is -0.000987. The standard InChI is InChI=1S/C16H30N2O3/c1-4-6-13-7-5-9-18(10-8-13)16(21)17-14(15(19)20)11-12(2)3/h12-14H,4-11H2,1-3H3,(H,17,21)(H,19,20). The molecule has 21 heavy (non-hydrogen) atoms. The summed E-state index contributed by atoms with van der Waals surface area (Å²) in [5, 5.41) is 11.9. The van der Waals surface area contributed by atoms with Gasteiger partial charge in [0.15, 0.2) is 0 Å². The average Bonchev–Trinajstić information content (AvgIpc) is 2.63. The second-order valence-corrected chi connectivity index (χ2v) is 6.54. The van der Waals surface area contributed by atoms with Crippen molar-refractivity contribution in [1.82, 2.24) is 10.2 Å². The molecule has 1 fully saturated rings. The number of hydrogen-bond acceptors (Lipinski definition) is 2. The second-order valence-electron chi connectivity index (χ2n) is 6.54. The third-order valence-corrected chi connectivity index (χ3v) is 4.13. The molecule has 2 amide bonds. The molecule has 0 saturated carbocycles. The zero-order chi connectivity index (χ0) is 15.8. The molecule has 122 valence electrons. The number of carboxylic acids is 1. The fraction of sp³-hybridized carbons (Fsp3) is 0.875. The smallest absolute Gasteiger partial charge is 0.326 e. The highest BCUT2D eigenvalue weighted by molar-refractivity contribution is 5.82. The van der Waals surface area contributed by atoms with Gasteiger partial charge < -0.3 is 15.3 Å². The molecule has 1 aliphatic heterocycles. The number of aliphatic carboxylic acids is 1. The number of nitrogens with zero attached hydrogens (tertiary/aromatic N) is 1. The van der Waals surface area contributed by atoms with Gasteiger partial charge in [-0.2, -0.15) is 0 Å². The lowest BCUT2D eigenvalue weighted by molar-refractivity contribution is -0.139. The van der Waals surface area contributed by atoms with E-state index >= 15 is 0 Å². The predicted molar refractivity (Wildman–Crippen MR) is 83.2 cm³/mol. The molecule has 1 heterocycles. The monoisotopic (exact) mass is 298 g/mol. The average molecular weight is 298 g/mol. The second kappa shape index (κ2) is 8.90. The van der Waals surface area contributed by atoms with Gasteiger partial charge in [-0.3, -0.25) is 0 Å². The van der Waals surface area contributed by atoms with Gasteiger partial charge in [-0.1, -0.05) is 33.6 Å². The Morgan fingerprint density at radius 1 is 1.29 bits per heavy atom. The summed E-state index contributed by atoms with van der Waals surface area (Å²) in [5.41, 5.74) is 0. The first kappa shape index (κ1) is 17.8. The topological polar surface area (TPSA) is 69.6 Å². The number of amides is 2. The van der Waals surface area contributed by atoms with Gasteiger partial charge in [0.25, 0.3) is 0 Å². The zero-order valence-electron chi connectivity index (χ0n) is 13.6. The Morgan fingerprint density at radius 2 is 2.00 bits per heavy atom. The van der Waals surface area contributed by atoms with Crippen molar-refractivity contribution in [2.75, 3.05) is 13.1 Å². The maximum atomic E-state index is 12.3. The van der Waals surface area contributed by atoms with Gasteiger partial charge in [0.1, 0.15) is 6.04 Å². The van der Waals surface area contributed by atoms with Crippen LogP contribution in [0, 0.1) is 11.8 Å². The van der Waals surface area contributed by atoms with Crippen LogP contribution in [0.5, 0.6) is 0 Å². The normalized spacial score (nSPS) is 21.0. The van der Waals surface area contributed by atoms with Crippen LogP contribution in [-0.4, -0.2) is 41.1 Å². The van der Waals surface area contributed by atoms with Crippen molar-refractivity contribution < 1.29 is 14.7 Å². The van der Waals surface area contributed by atoms with E-state index in [0.29, 0.717) is 12.3 Å². The maximum absolute atomic E-state index is 12.3. The van der Waals surface area contributed by atoms with E-state index < -0.39 is 12.0 Å². The molecule has 0 aromatic rings. The predicted octanol–water partition coefficient (Wildman–Crippen LogP) is 3.10. The van der Waals surface area contributed by atoms with Gasteiger partial charge >= 0.3 is 12.0 Å². The minimum atomic E-state index is -0.948. The first-order chi connectivity index (χ1) is 9.93. The molecule has 1 saturated heterocycles. The van der Waals surface area contributed by atoms with E-state index in [1.165, 1.54) is 19.3 Å². The Labute approximate surface area is 128 Å². The zero-order valence-corrected chi connectivity index (χ0v) is 13.6. The van der Waals surface area contributed by atoms with Crippen LogP contribution in [0.3, 0.4) is 0 Å². The molecule has 5 heteroatoms. The van der Waals surface area contributed by atoms with Crippen molar-refractivity contribution in [3.8, 4) is 0 Å². The number of carbonyl (C=O) groups is 2. The largest absolute Gasteiger partial charge is 0.480 e. The number of carboxylic acid groups (broad SMARTS) is 1. The van der Waals surface area contributed by atoms with Gasteiger partial charge in [0, 0.05) is 13.1 Å². The number of urea groups is 1. The van der Waals surface area contributed by atoms with E-state index in [1.54, 1.807) is 4.90 Å². The Kier molecular flexibility index (Phi) is 7.54. The van der Waals surface area contributed by atoms with E-state index in [9.17, 15) is 14.7 Å². The number of hydrogen-bond donors (Lipinski definition) is 2. The molecule has 2 N–H and O–H groups in total. The molecule has 0 bridgehead atoms. The summed E-state index contributed by atoms with van der Waals surface area (Å²) in [4.78, 5) is 25.3. The van der Waals surface area contributed by atoms with Crippen molar-refractivity contribution in [2.45, 2.75) is 65.3 Å². The minimum Gasteiger partial charge on any atom is -0.480 e.